The van der Waals surface area contributed by atoms with Gasteiger partial charge < -0.3 is 10.0 Å². The van der Waals surface area contributed by atoms with Crippen LogP contribution in [0.15, 0.2) is 45.3 Å². The molecular formula is C17H13Br2NO2. The Morgan fingerprint density at radius 1 is 1.18 bits per heavy atom. The van der Waals surface area contributed by atoms with Crippen LogP contribution in [-0.4, -0.2) is 17.6 Å². The summed E-state index contributed by atoms with van der Waals surface area (Å²) >= 11 is 6.63. The van der Waals surface area contributed by atoms with E-state index in [0.717, 1.165) is 16.8 Å². The number of rotatable bonds is 2. The van der Waals surface area contributed by atoms with Gasteiger partial charge in [-0.05, 0) is 68.6 Å². The van der Waals surface area contributed by atoms with E-state index in [0.29, 0.717) is 21.1 Å². The van der Waals surface area contributed by atoms with Gasteiger partial charge in [0.2, 0.25) is 0 Å². The predicted molar refractivity (Wildman–Crippen MR) is 95.8 cm³/mol. The number of aromatic hydroxyl groups is 1. The molecule has 112 valence electrons. The monoisotopic (exact) mass is 421 g/mol. The van der Waals surface area contributed by atoms with Crippen molar-refractivity contribution in [1.82, 2.24) is 0 Å². The Balaban J connectivity index is 2.14. The molecule has 22 heavy (non-hydrogen) atoms. The van der Waals surface area contributed by atoms with Crippen LogP contribution in [0.2, 0.25) is 0 Å². The van der Waals surface area contributed by atoms with Gasteiger partial charge in [-0.3, -0.25) is 4.79 Å². The molecule has 0 atom stereocenters. The second-order valence-corrected chi connectivity index (χ2v) is 6.67. The molecule has 1 aliphatic rings. The number of hydrogen-bond donors (Lipinski definition) is 1. The summed E-state index contributed by atoms with van der Waals surface area (Å²) < 4.78 is 1.17. The van der Waals surface area contributed by atoms with Crippen LogP contribution in [0.4, 0.5) is 5.69 Å². The number of amides is 1. The predicted octanol–water partition coefficient (Wildman–Crippen LogP) is 4.82. The maximum absolute atomic E-state index is 12.6. The van der Waals surface area contributed by atoms with Crippen molar-refractivity contribution in [3.05, 3.63) is 56.5 Å². The van der Waals surface area contributed by atoms with Gasteiger partial charge in [-0.2, -0.15) is 0 Å². The van der Waals surface area contributed by atoms with Crippen molar-refractivity contribution in [2.24, 2.45) is 0 Å². The normalized spacial score (nSPS) is 15.5. The number of fused-ring (bicyclic) bond motifs is 1. The third-order valence-electron chi connectivity index (χ3n) is 3.63. The highest BCUT2D eigenvalue weighted by Crippen LogP contribution is 2.39. The Morgan fingerprint density at radius 3 is 2.45 bits per heavy atom. The quantitative estimate of drug-likeness (QED) is 0.704. The van der Waals surface area contributed by atoms with Gasteiger partial charge in [-0.1, -0.05) is 18.2 Å². The number of phenolic OH excluding ortho intramolecular Hbond substituents is 1. The minimum absolute atomic E-state index is 0.00372. The van der Waals surface area contributed by atoms with Crippen molar-refractivity contribution in [1.29, 1.82) is 0 Å². The summed E-state index contributed by atoms with van der Waals surface area (Å²) in [6.07, 6.45) is 1.85. The Bertz CT molecular complexity index is 776. The van der Waals surface area contributed by atoms with Crippen molar-refractivity contribution in [3.63, 3.8) is 0 Å². The smallest absolute Gasteiger partial charge is 0.258 e. The number of phenols is 1. The van der Waals surface area contributed by atoms with Crippen molar-refractivity contribution < 1.29 is 9.90 Å². The van der Waals surface area contributed by atoms with E-state index < -0.39 is 0 Å². The number of halogens is 2. The van der Waals surface area contributed by atoms with Crippen LogP contribution in [0.1, 0.15) is 18.1 Å². The van der Waals surface area contributed by atoms with Crippen LogP contribution in [0.25, 0.3) is 11.6 Å². The van der Waals surface area contributed by atoms with Crippen molar-refractivity contribution in [2.75, 3.05) is 11.4 Å². The molecule has 0 saturated carbocycles. The molecule has 0 radical (unpaired) electrons. The maximum Gasteiger partial charge on any atom is 0.258 e. The number of benzene rings is 2. The van der Waals surface area contributed by atoms with Crippen molar-refractivity contribution in [3.8, 4) is 5.75 Å². The molecule has 0 fully saturated rings. The Labute approximate surface area is 145 Å². The van der Waals surface area contributed by atoms with Crippen molar-refractivity contribution >= 4 is 55.1 Å². The first kappa shape index (κ1) is 15.3. The fourth-order valence-electron chi connectivity index (χ4n) is 2.60. The van der Waals surface area contributed by atoms with E-state index in [1.807, 2.05) is 37.3 Å². The van der Waals surface area contributed by atoms with Gasteiger partial charge >= 0.3 is 0 Å². The van der Waals surface area contributed by atoms with Crippen LogP contribution in [0, 0.1) is 0 Å². The molecule has 2 aromatic carbocycles. The number of anilines is 1. The summed E-state index contributed by atoms with van der Waals surface area (Å²) in [4.78, 5) is 14.4. The zero-order valence-corrected chi connectivity index (χ0v) is 15.0. The lowest BCUT2D eigenvalue weighted by atomic mass is 10.0. The molecule has 0 saturated heterocycles. The third kappa shape index (κ3) is 2.48. The fraction of sp³-hybridized carbons (Fsp3) is 0.118. The average molecular weight is 423 g/mol. The molecule has 1 aliphatic heterocycles. The van der Waals surface area contributed by atoms with Gasteiger partial charge in [-0.15, -0.1) is 0 Å². The van der Waals surface area contributed by atoms with E-state index in [-0.39, 0.29) is 11.7 Å². The third-order valence-corrected chi connectivity index (χ3v) is 4.84. The van der Waals surface area contributed by atoms with Gasteiger partial charge in [0.25, 0.3) is 5.91 Å². The Kier molecular flexibility index (Phi) is 4.10. The number of hydrogen-bond acceptors (Lipinski definition) is 2. The van der Waals surface area contributed by atoms with Gasteiger partial charge in [0.1, 0.15) is 5.75 Å². The molecule has 0 aliphatic carbocycles. The highest BCUT2D eigenvalue weighted by Gasteiger charge is 2.30. The van der Waals surface area contributed by atoms with Crippen LogP contribution < -0.4 is 4.90 Å². The lowest BCUT2D eigenvalue weighted by Gasteiger charge is -2.13. The fourth-order valence-corrected chi connectivity index (χ4v) is 3.82. The zero-order valence-electron chi connectivity index (χ0n) is 11.8. The van der Waals surface area contributed by atoms with Gasteiger partial charge in [0, 0.05) is 17.7 Å². The first-order valence-electron chi connectivity index (χ1n) is 6.84. The molecule has 3 rings (SSSR count). The first-order chi connectivity index (χ1) is 10.5. The Morgan fingerprint density at radius 2 is 1.82 bits per heavy atom. The molecule has 2 aromatic rings. The molecule has 0 aromatic heterocycles. The average Bonchev–Trinajstić information content (AvgIpc) is 2.77. The van der Waals surface area contributed by atoms with E-state index in [1.165, 1.54) is 0 Å². The van der Waals surface area contributed by atoms with E-state index in [4.69, 9.17) is 0 Å². The lowest BCUT2D eigenvalue weighted by Crippen LogP contribution is -2.25. The SMILES string of the molecule is CCN1C(=O)/C(=C\c2cc(Br)c(O)c(Br)c2)c2ccccc21. The number of carbonyl (C=O) groups excluding carboxylic acids is 1. The summed E-state index contributed by atoms with van der Waals surface area (Å²) in [5, 5.41) is 9.79. The largest absolute Gasteiger partial charge is 0.506 e. The van der Waals surface area contributed by atoms with Crippen LogP contribution in [-0.2, 0) is 4.79 Å². The molecule has 1 N–H and O–H groups in total. The molecule has 3 nitrogen and oxygen atoms in total. The van der Waals surface area contributed by atoms with Crippen LogP contribution in [0.3, 0.4) is 0 Å². The second kappa shape index (κ2) is 5.89. The van der Waals surface area contributed by atoms with E-state index >= 15 is 0 Å². The second-order valence-electron chi connectivity index (χ2n) is 4.96. The summed E-state index contributed by atoms with van der Waals surface area (Å²) in [6.45, 7) is 2.60. The number of carbonyl (C=O) groups is 1. The van der Waals surface area contributed by atoms with Crippen molar-refractivity contribution in [2.45, 2.75) is 6.92 Å². The lowest BCUT2D eigenvalue weighted by molar-refractivity contribution is -0.112. The molecule has 1 amide bonds. The number of para-hydroxylation sites is 1. The molecule has 0 spiro atoms. The summed E-state index contributed by atoms with van der Waals surface area (Å²) in [6, 6.07) is 11.4. The first-order valence-corrected chi connectivity index (χ1v) is 8.42. The van der Waals surface area contributed by atoms with Crippen LogP contribution in [0.5, 0.6) is 5.75 Å². The highest BCUT2D eigenvalue weighted by atomic mass is 79.9. The molecular weight excluding hydrogens is 410 g/mol. The molecule has 5 heteroatoms. The zero-order chi connectivity index (χ0) is 15.9. The minimum atomic E-state index is 0.00372. The minimum Gasteiger partial charge on any atom is -0.506 e. The molecule has 0 bridgehead atoms. The highest BCUT2D eigenvalue weighted by molar-refractivity contribution is 9.11. The van der Waals surface area contributed by atoms with Crippen LogP contribution >= 0.6 is 31.9 Å². The summed E-state index contributed by atoms with van der Waals surface area (Å²) in [5.74, 6) is 0.152. The van der Waals surface area contributed by atoms with E-state index in [1.54, 1.807) is 17.0 Å². The number of nitrogens with zero attached hydrogens (tertiary/aromatic N) is 1. The molecule has 1 heterocycles. The van der Waals surface area contributed by atoms with Gasteiger partial charge in [0.05, 0.1) is 14.6 Å². The van der Waals surface area contributed by atoms with Gasteiger partial charge in [-0.25, -0.2) is 0 Å². The van der Waals surface area contributed by atoms with Gasteiger partial charge in [0.15, 0.2) is 0 Å². The Hall–Kier alpha value is -1.59. The molecule has 0 unspecified atom stereocenters. The van der Waals surface area contributed by atoms with E-state index in [9.17, 15) is 9.90 Å². The topological polar surface area (TPSA) is 40.5 Å². The number of likely N-dealkylation sites (N-methyl/N-ethyl adjacent to an activating group) is 1. The van der Waals surface area contributed by atoms with E-state index in [2.05, 4.69) is 31.9 Å². The standard InChI is InChI=1S/C17H13Br2NO2/c1-2-20-15-6-4-3-5-11(15)12(17(20)22)7-10-8-13(18)16(21)14(19)9-10/h3-9,21H,2H2,1H3/b12-7-. The summed E-state index contributed by atoms with van der Waals surface area (Å²) in [7, 11) is 0. The maximum atomic E-state index is 12.6. The summed E-state index contributed by atoms with van der Waals surface area (Å²) in [5.41, 5.74) is 3.39.